The van der Waals surface area contributed by atoms with E-state index in [0.29, 0.717) is 0 Å². The van der Waals surface area contributed by atoms with E-state index >= 15 is 0 Å². The lowest BCUT2D eigenvalue weighted by Gasteiger charge is -2.22. The molecule has 0 unspecified atom stereocenters. The summed E-state index contributed by atoms with van der Waals surface area (Å²) in [7, 11) is 0. The molecule has 1 atom stereocenters. The predicted octanol–water partition coefficient (Wildman–Crippen LogP) is 1.66. The van der Waals surface area contributed by atoms with E-state index in [9.17, 15) is 23.1 Å². The molecule has 0 aromatic heterocycles. The van der Waals surface area contributed by atoms with Gasteiger partial charge in [0.2, 0.25) is 5.91 Å². The summed E-state index contributed by atoms with van der Waals surface area (Å²) in [5, 5.41) is 11.8. The largest absolute Gasteiger partial charge is 0.573 e. The van der Waals surface area contributed by atoms with Gasteiger partial charge in [0, 0.05) is 18.2 Å². The minimum Gasteiger partial charge on any atom is -0.405 e. The van der Waals surface area contributed by atoms with Gasteiger partial charge < -0.3 is 15.2 Å². The molecule has 0 spiro atoms. The van der Waals surface area contributed by atoms with Crippen LogP contribution in [0.1, 0.15) is 18.4 Å². The summed E-state index contributed by atoms with van der Waals surface area (Å²) in [6.07, 6.45) is -3.02. The summed E-state index contributed by atoms with van der Waals surface area (Å²) in [6.45, 7) is 0.790. The minimum absolute atomic E-state index is 0.00443. The average molecular weight is 332 g/mol. The van der Waals surface area contributed by atoms with Gasteiger partial charge in [-0.3, -0.25) is 9.69 Å². The highest BCUT2D eigenvalue weighted by Crippen LogP contribution is 2.26. The van der Waals surface area contributed by atoms with E-state index in [1.165, 1.54) is 18.2 Å². The Morgan fingerprint density at radius 2 is 2.13 bits per heavy atom. The molecule has 0 bridgehead atoms. The first-order chi connectivity index (χ1) is 10.9. The molecule has 128 valence electrons. The zero-order valence-electron chi connectivity index (χ0n) is 12.5. The average Bonchev–Trinajstić information content (AvgIpc) is 2.92. The zero-order chi connectivity index (χ0) is 16.9. The molecule has 0 aliphatic carbocycles. The molecule has 1 aromatic carbocycles. The van der Waals surface area contributed by atoms with Crippen molar-refractivity contribution in [1.29, 1.82) is 0 Å². The number of ether oxygens (including phenoxy) is 1. The van der Waals surface area contributed by atoms with E-state index < -0.39 is 6.36 Å². The Balaban J connectivity index is 1.89. The first kappa shape index (κ1) is 17.6. The highest BCUT2D eigenvalue weighted by atomic mass is 19.4. The molecule has 23 heavy (non-hydrogen) atoms. The summed E-state index contributed by atoms with van der Waals surface area (Å²) < 4.78 is 40.9. The second-order valence-electron chi connectivity index (χ2n) is 5.38. The monoisotopic (exact) mass is 332 g/mol. The molecule has 0 saturated carbocycles. The van der Waals surface area contributed by atoms with Crippen LogP contribution in [-0.2, 0) is 11.3 Å². The van der Waals surface area contributed by atoms with Crippen molar-refractivity contribution in [1.82, 2.24) is 10.2 Å². The number of hydrogen-bond acceptors (Lipinski definition) is 4. The van der Waals surface area contributed by atoms with Gasteiger partial charge in [-0.2, -0.15) is 0 Å². The Morgan fingerprint density at radius 3 is 2.83 bits per heavy atom. The third-order valence-electron chi connectivity index (χ3n) is 3.73. The number of rotatable bonds is 6. The summed E-state index contributed by atoms with van der Waals surface area (Å²) >= 11 is 0. The van der Waals surface area contributed by atoms with Crippen LogP contribution in [0.5, 0.6) is 5.75 Å². The number of nitrogens with zero attached hydrogens (tertiary/aromatic N) is 1. The Morgan fingerprint density at radius 1 is 1.39 bits per heavy atom. The zero-order valence-corrected chi connectivity index (χ0v) is 12.5. The fraction of sp³-hybridized carbons (Fsp3) is 0.533. The number of alkyl halides is 3. The number of carbonyl (C=O) groups excluding carboxylic acids is 1. The van der Waals surface area contributed by atoms with Crippen LogP contribution in [0.15, 0.2) is 24.3 Å². The number of hydrogen-bond donors (Lipinski definition) is 2. The van der Waals surface area contributed by atoms with E-state index in [1.54, 1.807) is 6.07 Å². The Bertz CT molecular complexity index is 537. The Kier molecular flexibility index (Phi) is 5.84. The third kappa shape index (κ3) is 5.40. The fourth-order valence-electron chi connectivity index (χ4n) is 2.62. The summed E-state index contributed by atoms with van der Waals surface area (Å²) in [6, 6.07) is 5.65. The maximum atomic E-state index is 12.3. The lowest BCUT2D eigenvalue weighted by molar-refractivity contribution is -0.274. The minimum atomic E-state index is -4.77. The van der Waals surface area contributed by atoms with Crippen molar-refractivity contribution >= 4 is 5.91 Å². The first-order valence-corrected chi connectivity index (χ1v) is 7.34. The van der Waals surface area contributed by atoms with E-state index in [2.05, 4.69) is 10.1 Å². The standard InChI is InChI=1S/C15H19F3N2O3/c16-15(17,18)23-13-6-2-1-4-11(13)8-19-14(22)9-20-7-3-5-12(20)10-21/h1-2,4,6,12,21H,3,5,7-10H2,(H,19,22)/t12-/m1/s1. The predicted molar refractivity (Wildman–Crippen MR) is 76.7 cm³/mol. The van der Waals surface area contributed by atoms with Gasteiger partial charge in [-0.25, -0.2) is 0 Å². The van der Waals surface area contributed by atoms with Gasteiger partial charge in [0.25, 0.3) is 0 Å². The van der Waals surface area contributed by atoms with E-state index in [1.807, 2.05) is 4.90 Å². The molecule has 0 radical (unpaired) electrons. The fourth-order valence-corrected chi connectivity index (χ4v) is 2.62. The van der Waals surface area contributed by atoms with Crippen molar-refractivity contribution in [2.45, 2.75) is 31.8 Å². The molecule has 1 amide bonds. The van der Waals surface area contributed by atoms with Gasteiger partial charge in [-0.1, -0.05) is 18.2 Å². The van der Waals surface area contributed by atoms with Crippen molar-refractivity contribution in [2.75, 3.05) is 19.7 Å². The van der Waals surface area contributed by atoms with Crippen LogP contribution in [0.25, 0.3) is 0 Å². The molecule has 2 N–H and O–H groups in total. The van der Waals surface area contributed by atoms with Crippen molar-refractivity contribution in [3.05, 3.63) is 29.8 Å². The Hall–Kier alpha value is -1.80. The van der Waals surface area contributed by atoms with Crippen LogP contribution in [0, 0.1) is 0 Å². The van der Waals surface area contributed by atoms with Crippen molar-refractivity contribution < 1.29 is 27.8 Å². The molecule has 1 aromatic rings. The number of nitrogens with one attached hydrogen (secondary N) is 1. The first-order valence-electron chi connectivity index (χ1n) is 7.34. The number of amides is 1. The van der Waals surface area contributed by atoms with Crippen molar-refractivity contribution in [3.8, 4) is 5.75 Å². The van der Waals surface area contributed by atoms with E-state index in [0.717, 1.165) is 19.4 Å². The molecular weight excluding hydrogens is 313 g/mol. The number of aliphatic hydroxyl groups excluding tert-OH is 1. The lowest BCUT2D eigenvalue weighted by atomic mass is 10.2. The summed E-state index contributed by atoms with van der Waals surface area (Å²) in [5.74, 6) is -0.623. The lowest BCUT2D eigenvalue weighted by Crippen LogP contribution is -2.41. The van der Waals surface area contributed by atoms with Crippen molar-refractivity contribution in [2.24, 2.45) is 0 Å². The quantitative estimate of drug-likeness (QED) is 0.832. The van der Waals surface area contributed by atoms with Gasteiger partial charge in [0.15, 0.2) is 0 Å². The number of halogens is 3. The SMILES string of the molecule is O=C(CN1CCC[C@@H]1CO)NCc1ccccc1OC(F)(F)F. The van der Waals surface area contributed by atoms with Crippen molar-refractivity contribution in [3.63, 3.8) is 0 Å². The normalized spacial score (nSPS) is 18.9. The molecule has 8 heteroatoms. The van der Waals surface area contributed by atoms with Crippen LogP contribution in [0.3, 0.4) is 0 Å². The number of carbonyl (C=O) groups is 1. The molecular formula is C15H19F3N2O3. The number of para-hydroxylation sites is 1. The molecule has 1 aliphatic rings. The molecule has 1 heterocycles. The second kappa shape index (κ2) is 7.65. The topological polar surface area (TPSA) is 61.8 Å². The number of benzene rings is 1. The number of aliphatic hydroxyl groups is 1. The van der Waals surface area contributed by atoms with Crippen LogP contribution in [0.2, 0.25) is 0 Å². The molecule has 1 saturated heterocycles. The highest BCUT2D eigenvalue weighted by molar-refractivity contribution is 5.78. The number of likely N-dealkylation sites (tertiary alicyclic amines) is 1. The van der Waals surface area contributed by atoms with Crippen LogP contribution in [-0.4, -0.2) is 48.0 Å². The van der Waals surface area contributed by atoms with E-state index in [4.69, 9.17) is 0 Å². The van der Waals surface area contributed by atoms with Crippen LogP contribution < -0.4 is 10.1 Å². The van der Waals surface area contributed by atoms with Gasteiger partial charge in [0.1, 0.15) is 5.75 Å². The Labute approximate surface area is 132 Å². The van der Waals surface area contributed by atoms with Crippen LogP contribution in [0.4, 0.5) is 13.2 Å². The molecule has 1 aliphatic heterocycles. The third-order valence-corrected chi connectivity index (χ3v) is 3.73. The van der Waals surface area contributed by atoms with Gasteiger partial charge >= 0.3 is 6.36 Å². The summed E-state index contributed by atoms with van der Waals surface area (Å²) in [5.41, 5.74) is 0.248. The van der Waals surface area contributed by atoms with Gasteiger partial charge in [-0.15, -0.1) is 13.2 Å². The highest BCUT2D eigenvalue weighted by Gasteiger charge is 2.32. The molecule has 1 fully saturated rings. The van der Waals surface area contributed by atoms with Gasteiger partial charge in [0.05, 0.1) is 13.2 Å². The smallest absolute Gasteiger partial charge is 0.405 e. The van der Waals surface area contributed by atoms with Crippen LogP contribution >= 0.6 is 0 Å². The maximum absolute atomic E-state index is 12.3. The summed E-state index contributed by atoms with van der Waals surface area (Å²) in [4.78, 5) is 13.8. The maximum Gasteiger partial charge on any atom is 0.573 e. The molecule has 2 rings (SSSR count). The van der Waals surface area contributed by atoms with E-state index in [-0.39, 0.29) is 43.0 Å². The van der Waals surface area contributed by atoms with Gasteiger partial charge in [-0.05, 0) is 25.5 Å². The second-order valence-corrected chi connectivity index (χ2v) is 5.38. The molecule has 5 nitrogen and oxygen atoms in total.